The molecule has 6 nitrogen and oxygen atoms in total. The minimum atomic E-state index is -0.0835. The summed E-state index contributed by atoms with van der Waals surface area (Å²) in [5.41, 5.74) is 4.97. The third kappa shape index (κ3) is 4.52. The molecule has 0 radical (unpaired) electrons. The van der Waals surface area contributed by atoms with E-state index in [-0.39, 0.29) is 11.9 Å². The van der Waals surface area contributed by atoms with Crippen LogP contribution in [0, 0.1) is 13.8 Å². The minimum Gasteiger partial charge on any atom is -0.495 e. The molecule has 3 aromatic rings. The van der Waals surface area contributed by atoms with E-state index >= 15 is 0 Å². The van der Waals surface area contributed by atoms with E-state index in [9.17, 15) is 4.79 Å². The molecular weight excluding hydrogens is 402 g/mol. The summed E-state index contributed by atoms with van der Waals surface area (Å²) in [6, 6.07) is 14.1. The van der Waals surface area contributed by atoms with Crippen molar-refractivity contribution in [3.8, 4) is 5.75 Å². The van der Waals surface area contributed by atoms with E-state index < -0.39 is 0 Å². The molecule has 1 unspecified atom stereocenters. The lowest BCUT2D eigenvalue weighted by atomic mass is 10.1. The molecule has 0 spiro atoms. The molecule has 170 valence electrons. The van der Waals surface area contributed by atoms with Gasteiger partial charge >= 0.3 is 0 Å². The molecule has 0 saturated carbocycles. The number of nitrogens with one attached hydrogen (secondary N) is 1. The highest BCUT2D eigenvalue weighted by Crippen LogP contribution is 2.33. The van der Waals surface area contributed by atoms with Gasteiger partial charge in [0, 0.05) is 37.3 Å². The molecule has 1 aliphatic heterocycles. The van der Waals surface area contributed by atoms with Crippen LogP contribution in [0.1, 0.15) is 40.1 Å². The van der Waals surface area contributed by atoms with Gasteiger partial charge in [0.25, 0.3) is 5.91 Å². The fourth-order valence-electron chi connectivity index (χ4n) is 4.50. The van der Waals surface area contributed by atoms with Crippen molar-refractivity contribution >= 4 is 16.8 Å². The highest BCUT2D eigenvalue weighted by atomic mass is 16.5. The molecule has 4 rings (SSSR count). The Kier molecular flexibility index (Phi) is 6.82. The maximum Gasteiger partial charge on any atom is 0.254 e. The number of rotatable bonds is 7. The molecule has 1 aliphatic rings. The molecule has 1 N–H and O–H groups in total. The molecule has 1 amide bonds. The first-order valence-corrected chi connectivity index (χ1v) is 11.3. The lowest BCUT2D eigenvalue weighted by Crippen LogP contribution is -2.38. The zero-order valence-corrected chi connectivity index (χ0v) is 19.5. The van der Waals surface area contributed by atoms with Crippen LogP contribution in [0.25, 0.3) is 10.9 Å². The van der Waals surface area contributed by atoms with Crippen molar-refractivity contribution in [1.29, 1.82) is 0 Å². The number of benzene rings is 2. The highest BCUT2D eigenvalue weighted by molar-refractivity contribution is 6.09. The number of para-hydroxylation sites is 1. The van der Waals surface area contributed by atoms with Crippen LogP contribution >= 0.6 is 0 Å². The summed E-state index contributed by atoms with van der Waals surface area (Å²) in [7, 11) is 1.68. The fourth-order valence-corrected chi connectivity index (χ4v) is 4.50. The van der Waals surface area contributed by atoms with E-state index in [1.54, 1.807) is 7.11 Å². The minimum absolute atomic E-state index is 0.0565. The van der Waals surface area contributed by atoms with E-state index in [4.69, 9.17) is 9.47 Å². The third-order valence-corrected chi connectivity index (χ3v) is 6.42. The Labute approximate surface area is 190 Å². The van der Waals surface area contributed by atoms with Gasteiger partial charge in [0.2, 0.25) is 0 Å². The number of methoxy groups -OCH3 is 1. The number of carbonyl (C=O) groups is 1. The summed E-state index contributed by atoms with van der Waals surface area (Å²) in [6.07, 6.45) is 0. The van der Waals surface area contributed by atoms with Crippen molar-refractivity contribution in [1.82, 2.24) is 14.8 Å². The highest BCUT2D eigenvalue weighted by Gasteiger charge is 2.24. The van der Waals surface area contributed by atoms with E-state index in [2.05, 4.69) is 46.0 Å². The number of morpholine rings is 1. The van der Waals surface area contributed by atoms with Crippen LogP contribution in [0.5, 0.6) is 5.75 Å². The van der Waals surface area contributed by atoms with Crippen LogP contribution in [0.4, 0.5) is 0 Å². The fraction of sp³-hybridized carbons (Fsp3) is 0.423. The maximum atomic E-state index is 13.5. The van der Waals surface area contributed by atoms with Crippen LogP contribution in [0.2, 0.25) is 0 Å². The summed E-state index contributed by atoms with van der Waals surface area (Å²) in [5.74, 6) is 0.733. The molecule has 2 heterocycles. The first kappa shape index (κ1) is 22.4. The smallest absolute Gasteiger partial charge is 0.254 e. The van der Waals surface area contributed by atoms with Crippen molar-refractivity contribution in [2.24, 2.45) is 0 Å². The van der Waals surface area contributed by atoms with Gasteiger partial charge in [-0.15, -0.1) is 0 Å². The SMILES string of the molecule is COc1cccc2c(C(=O)NC(C)c3ccc(C)cc3)c(C)n(CCN3CCOCC3)c12. The number of ether oxygens (including phenoxy) is 2. The predicted octanol–water partition coefficient (Wildman–Crippen LogP) is 4.09. The molecule has 1 fully saturated rings. The molecule has 0 bridgehead atoms. The molecule has 1 aromatic heterocycles. The third-order valence-electron chi connectivity index (χ3n) is 6.42. The summed E-state index contributed by atoms with van der Waals surface area (Å²) in [6.45, 7) is 11.3. The van der Waals surface area contributed by atoms with E-state index in [1.165, 1.54) is 5.56 Å². The van der Waals surface area contributed by atoms with E-state index in [0.717, 1.165) is 72.9 Å². The number of fused-ring (bicyclic) bond motifs is 1. The van der Waals surface area contributed by atoms with Gasteiger partial charge in [0.15, 0.2) is 0 Å². The standard InChI is InChI=1S/C26H33N3O3/c1-18-8-10-21(11-9-18)19(2)27-26(30)24-20(3)29(13-12-28-14-16-32-17-15-28)25-22(24)6-5-7-23(25)31-4/h5-11,19H,12-17H2,1-4H3,(H,27,30). The number of nitrogens with zero attached hydrogens (tertiary/aromatic N) is 2. The normalized spacial score (nSPS) is 15.6. The molecule has 32 heavy (non-hydrogen) atoms. The van der Waals surface area contributed by atoms with Gasteiger partial charge < -0.3 is 19.4 Å². The summed E-state index contributed by atoms with van der Waals surface area (Å²) < 4.78 is 13.4. The second kappa shape index (κ2) is 9.76. The Hall–Kier alpha value is -2.83. The van der Waals surface area contributed by atoms with E-state index in [1.807, 2.05) is 32.0 Å². The van der Waals surface area contributed by atoms with Crippen LogP contribution in [-0.2, 0) is 11.3 Å². The van der Waals surface area contributed by atoms with Gasteiger partial charge in [-0.2, -0.15) is 0 Å². The number of carbonyl (C=O) groups excluding carboxylic acids is 1. The zero-order chi connectivity index (χ0) is 22.7. The van der Waals surface area contributed by atoms with Gasteiger partial charge in [0.05, 0.1) is 37.4 Å². The lowest BCUT2D eigenvalue weighted by molar-refractivity contribution is 0.0365. The predicted molar refractivity (Wildman–Crippen MR) is 128 cm³/mol. The second-order valence-electron chi connectivity index (χ2n) is 8.53. The Morgan fingerprint density at radius 1 is 1.09 bits per heavy atom. The van der Waals surface area contributed by atoms with Crippen LogP contribution < -0.4 is 10.1 Å². The van der Waals surface area contributed by atoms with Crippen LogP contribution in [0.15, 0.2) is 42.5 Å². The van der Waals surface area contributed by atoms with Crippen molar-refractivity contribution in [3.05, 3.63) is 64.8 Å². The zero-order valence-electron chi connectivity index (χ0n) is 19.5. The van der Waals surface area contributed by atoms with Gasteiger partial charge in [-0.1, -0.05) is 42.0 Å². The van der Waals surface area contributed by atoms with Crippen LogP contribution in [-0.4, -0.2) is 55.3 Å². The number of aromatic nitrogens is 1. The first-order chi connectivity index (χ1) is 15.5. The first-order valence-electron chi connectivity index (χ1n) is 11.3. The Morgan fingerprint density at radius 2 is 1.81 bits per heavy atom. The van der Waals surface area contributed by atoms with Gasteiger partial charge in [0.1, 0.15) is 5.75 Å². The summed E-state index contributed by atoms with van der Waals surface area (Å²) in [5, 5.41) is 4.13. The summed E-state index contributed by atoms with van der Waals surface area (Å²) in [4.78, 5) is 15.9. The molecule has 1 atom stereocenters. The number of amides is 1. The van der Waals surface area contributed by atoms with Crippen molar-refractivity contribution < 1.29 is 14.3 Å². The molecule has 1 saturated heterocycles. The second-order valence-corrected chi connectivity index (χ2v) is 8.53. The molecule has 0 aliphatic carbocycles. The quantitative estimate of drug-likeness (QED) is 0.607. The average Bonchev–Trinajstić information content (AvgIpc) is 3.10. The van der Waals surface area contributed by atoms with Crippen molar-refractivity contribution in [3.63, 3.8) is 0 Å². The molecule has 2 aromatic carbocycles. The lowest BCUT2D eigenvalue weighted by Gasteiger charge is -2.27. The van der Waals surface area contributed by atoms with Gasteiger partial charge in [-0.05, 0) is 32.4 Å². The van der Waals surface area contributed by atoms with E-state index in [0.29, 0.717) is 0 Å². The summed E-state index contributed by atoms with van der Waals surface area (Å²) >= 11 is 0. The Bertz CT molecular complexity index is 1080. The molecule has 6 heteroatoms. The van der Waals surface area contributed by atoms with Crippen molar-refractivity contribution in [2.75, 3.05) is 40.0 Å². The topological polar surface area (TPSA) is 55.7 Å². The average molecular weight is 436 g/mol. The Balaban J connectivity index is 1.65. The molecular formula is C26H33N3O3. The van der Waals surface area contributed by atoms with Crippen molar-refractivity contribution in [2.45, 2.75) is 33.4 Å². The number of aryl methyl sites for hydroxylation is 1. The largest absolute Gasteiger partial charge is 0.495 e. The number of hydrogen-bond acceptors (Lipinski definition) is 4. The Morgan fingerprint density at radius 3 is 2.50 bits per heavy atom. The monoisotopic (exact) mass is 435 g/mol. The van der Waals surface area contributed by atoms with Crippen LogP contribution in [0.3, 0.4) is 0 Å². The maximum absolute atomic E-state index is 13.5. The number of hydrogen-bond donors (Lipinski definition) is 1. The van der Waals surface area contributed by atoms with Gasteiger partial charge in [-0.25, -0.2) is 0 Å². The van der Waals surface area contributed by atoms with Gasteiger partial charge in [-0.3, -0.25) is 9.69 Å².